The molecule has 60 valence electrons. The minimum absolute atomic E-state index is 1.03. The van der Waals surface area contributed by atoms with Gasteiger partial charge in [0.1, 0.15) is 0 Å². The quantitative estimate of drug-likeness (QED) is 0.323. The van der Waals surface area contributed by atoms with Crippen molar-refractivity contribution in [3.63, 3.8) is 0 Å². The number of rotatable bonds is 6. The molecule has 0 aliphatic heterocycles. The molecule has 0 aliphatic carbocycles. The summed E-state index contributed by atoms with van der Waals surface area (Å²) in [6.07, 6.45) is 11.2. The number of hydrogen-bond acceptors (Lipinski definition) is 1. The van der Waals surface area contributed by atoms with E-state index in [0.717, 1.165) is 12.8 Å². The zero-order chi connectivity index (χ0) is 8.36. The molecule has 0 aromatic heterocycles. The van der Waals surface area contributed by atoms with Crippen LogP contribution in [0.1, 0.15) is 32.1 Å². The average Bonchev–Trinajstić information content (AvgIpc) is 2.03. The molecule has 0 atom stereocenters. The summed E-state index contributed by atoms with van der Waals surface area (Å²) in [4.78, 5) is 0. The number of allylic oxidation sites excluding steroid dienone is 3. The van der Waals surface area contributed by atoms with Crippen molar-refractivity contribution in [3.8, 4) is 6.07 Å². The van der Waals surface area contributed by atoms with Crippen LogP contribution < -0.4 is 0 Å². The maximum atomic E-state index is 8.16. The number of nitriles is 1. The SMILES string of the molecule is C=CCCCCCC=CC#N. The molecule has 0 aromatic rings. The summed E-state index contributed by atoms with van der Waals surface area (Å²) >= 11 is 0. The predicted molar refractivity (Wildman–Crippen MR) is 48.0 cm³/mol. The van der Waals surface area contributed by atoms with Gasteiger partial charge >= 0.3 is 0 Å². The summed E-state index contributed by atoms with van der Waals surface area (Å²) < 4.78 is 0. The summed E-state index contributed by atoms with van der Waals surface area (Å²) in [5.74, 6) is 0. The van der Waals surface area contributed by atoms with Gasteiger partial charge in [-0.25, -0.2) is 0 Å². The fourth-order valence-corrected chi connectivity index (χ4v) is 0.864. The van der Waals surface area contributed by atoms with Gasteiger partial charge in [0.05, 0.1) is 6.07 Å². The van der Waals surface area contributed by atoms with Crippen LogP contribution in [0.5, 0.6) is 0 Å². The molecular formula is C10H15N. The molecular weight excluding hydrogens is 134 g/mol. The summed E-state index contributed by atoms with van der Waals surface area (Å²) in [5, 5.41) is 8.16. The van der Waals surface area contributed by atoms with Crippen LogP contribution in [0.15, 0.2) is 24.8 Å². The molecule has 1 nitrogen and oxygen atoms in total. The molecule has 0 bridgehead atoms. The Bertz CT molecular complexity index is 151. The Kier molecular flexibility index (Phi) is 8.13. The Morgan fingerprint density at radius 2 is 1.91 bits per heavy atom. The molecule has 0 heterocycles. The lowest BCUT2D eigenvalue weighted by Gasteiger charge is -1.93. The van der Waals surface area contributed by atoms with E-state index in [2.05, 4.69) is 6.58 Å². The number of nitrogens with zero attached hydrogens (tertiary/aromatic N) is 1. The van der Waals surface area contributed by atoms with Gasteiger partial charge in [-0.1, -0.05) is 18.6 Å². The Labute approximate surface area is 69.0 Å². The van der Waals surface area contributed by atoms with Gasteiger partial charge in [0.15, 0.2) is 0 Å². The lowest BCUT2D eigenvalue weighted by molar-refractivity contribution is 0.696. The minimum Gasteiger partial charge on any atom is -0.193 e. The van der Waals surface area contributed by atoms with Gasteiger partial charge in [-0.2, -0.15) is 5.26 Å². The molecule has 0 N–H and O–H groups in total. The third kappa shape index (κ3) is 8.97. The van der Waals surface area contributed by atoms with E-state index in [1.165, 1.54) is 19.3 Å². The standard InChI is InChI=1S/C10H15N/c1-2-3-4-5-6-7-8-9-10-11/h2,8-9H,1,3-7H2. The van der Waals surface area contributed by atoms with E-state index in [1.54, 1.807) is 6.08 Å². The van der Waals surface area contributed by atoms with Crippen LogP contribution in [0.25, 0.3) is 0 Å². The van der Waals surface area contributed by atoms with Gasteiger partial charge in [0.2, 0.25) is 0 Å². The molecule has 0 saturated heterocycles. The molecule has 0 aromatic carbocycles. The molecule has 0 radical (unpaired) electrons. The maximum absolute atomic E-state index is 8.16. The maximum Gasteiger partial charge on any atom is 0.0908 e. The van der Waals surface area contributed by atoms with E-state index in [-0.39, 0.29) is 0 Å². The van der Waals surface area contributed by atoms with Gasteiger partial charge in [-0.15, -0.1) is 6.58 Å². The monoisotopic (exact) mass is 149 g/mol. The molecule has 0 spiro atoms. The third-order valence-electron chi connectivity index (χ3n) is 1.47. The normalized spacial score (nSPS) is 9.73. The molecule has 11 heavy (non-hydrogen) atoms. The van der Waals surface area contributed by atoms with Crippen molar-refractivity contribution in [1.82, 2.24) is 0 Å². The highest BCUT2D eigenvalue weighted by Crippen LogP contribution is 2.03. The fraction of sp³-hybridized carbons (Fsp3) is 0.500. The zero-order valence-corrected chi connectivity index (χ0v) is 6.92. The summed E-state index contributed by atoms with van der Waals surface area (Å²) in [7, 11) is 0. The van der Waals surface area contributed by atoms with Gasteiger partial charge in [-0.3, -0.25) is 0 Å². The van der Waals surface area contributed by atoms with Gasteiger partial charge < -0.3 is 0 Å². The lowest BCUT2D eigenvalue weighted by Crippen LogP contribution is -1.73. The summed E-state index contributed by atoms with van der Waals surface area (Å²) in [6.45, 7) is 3.65. The first-order valence-electron chi connectivity index (χ1n) is 4.07. The van der Waals surface area contributed by atoms with E-state index in [4.69, 9.17) is 5.26 Å². The van der Waals surface area contributed by atoms with Gasteiger partial charge in [-0.05, 0) is 25.7 Å². The second kappa shape index (κ2) is 8.97. The summed E-state index contributed by atoms with van der Waals surface area (Å²) in [6, 6.07) is 1.97. The fourth-order valence-electron chi connectivity index (χ4n) is 0.864. The Morgan fingerprint density at radius 3 is 2.55 bits per heavy atom. The second-order valence-electron chi connectivity index (χ2n) is 2.46. The van der Waals surface area contributed by atoms with Crippen LogP contribution >= 0.6 is 0 Å². The highest BCUT2D eigenvalue weighted by Gasteiger charge is 1.83. The van der Waals surface area contributed by atoms with Crippen LogP contribution in [0, 0.1) is 11.3 Å². The average molecular weight is 149 g/mol. The lowest BCUT2D eigenvalue weighted by atomic mass is 10.1. The molecule has 0 unspecified atom stereocenters. The van der Waals surface area contributed by atoms with E-state index in [1.807, 2.05) is 18.2 Å². The molecule has 0 aliphatic rings. The third-order valence-corrected chi connectivity index (χ3v) is 1.47. The van der Waals surface area contributed by atoms with Crippen molar-refractivity contribution >= 4 is 0 Å². The van der Waals surface area contributed by atoms with Crippen molar-refractivity contribution in [3.05, 3.63) is 24.8 Å². The van der Waals surface area contributed by atoms with Crippen LogP contribution in [-0.4, -0.2) is 0 Å². The minimum atomic E-state index is 1.03. The number of hydrogen-bond donors (Lipinski definition) is 0. The molecule has 0 saturated carbocycles. The molecule has 0 fully saturated rings. The smallest absolute Gasteiger partial charge is 0.0908 e. The van der Waals surface area contributed by atoms with Crippen molar-refractivity contribution in [1.29, 1.82) is 5.26 Å². The van der Waals surface area contributed by atoms with Crippen LogP contribution in [0.4, 0.5) is 0 Å². The van der Waals surface area contributed by atoms with E-state index in [9.17, 15) is 0 Å². The van der Waals surface area contributed by atoms with Gasteiger partial charge in [0.25, 0.3) is 0 Å². The van der Waals surface area contributed by atoms with Crippen molar-refractivity contribution in [2.75, 3.05) is 0 Å². The second-order valence-corrected chi connectivity index (χ2v) is 2.46. The van der Waals surface area contributed by atoms with Crippen LogP contribution in [-0.2, 0) is 0 Å². The largest absolute Gasteiger partial charge is 0.193 e. The van der Waals surface area contributed by atoms with Gasteiger partial charge in [0, 0.05) is 6.08 Å². The highest BCUT2D eigenvalue weighted by molar-refractivity contribution is 5.01. The first-order valence-corrected chi connectivity index (χ1v) is 4.07. The Morgan fingerprint density at radius 1 is 1.18 bits per heavy atom. The zero-order valence-electron chi connectivity index (χ0n) is 6.92. The van der Waals surface area contributed by atoms with Crippen LogP contribution in [0.3, 0.4) is 0 Å². The highest BCUT2D eigenvalue weighted by atomic mass is 14.2. The molecule has 0 amide bonds. The molecule has 0 rings (SSSR count). The first kappa shape index (κ1) is 9.97. The number of unbranched alkanes of at least 4 members (excludes halogenated alkanes) is 4. The van der Waals surface area contributed by atoms with Crippen molar-refractivity contribution in [2.45, 2.75) is 32.1 Å². The Balaban J connectivity index is 2.97. The topological polar surface area (TPSA) is 23.8 Å². The molecule has 1 heteroatoms. The van der Waals surface area contributed by atoms with Crippen molar-refractivity contribution < 1.29 is 0 Å². The van der Waals surface area contributed by atoms with E-state index < -0.39 is 0 Å². The van der Waals surface area contributed by atoms with Crippen molar-refractivity contribution in [2.24, 2.45) is 0 Å². The van der Waals surface area contributed by atoms with E-state index >= 15 is 0 Å². The summed E-state index contributed by atoms with van der Waals surface area (Å²) in [5.41, 5.74) is 0. The first-order chi connectivity index (χ1) is 5.41. The predicted octanol–water partition coefficient (Wildman–Crippen LogP) is 3.20. The van der Waals surface area contributed by atoms with E-state index in [0.29, 0.717) is 0 Å². The Hall–Kier alpha value is -1.03. The van der Waals surface area contributed by atoms with Crippen LogP contribution in [0.2, 0.25) is 0 Å².